The molecule has 24 heavy (non-hydrogen) atoms. The monoisotopic (exact) mass is 332 g/mol. The molecule has 6 heteroatoms. The van der Waals surface area contributed by atoms with E-state index < -0.39 is 5.91 Å². The molecule has 2 amide bonds. The highest BCUT2D eigenvalue weighted by atomic mass is 16.5. The van der Waals surface area contributed by atoms with Crippen LogP contribution in [0.5, 0.6) is 0 Å². The van der Waals surface area contributed by atoms with Gasteiger partial charge in [0.25, 0.3) is 5.91 Å². The Morgan fingerprint density at radius 3 is 2.25 bits per heavy atom. The number of hydrogen-bond acceptors (Lipinski definition) is 4. The molecule has 1 aliphatic carbocycles. The number of nitrogens with one attached hydrogen (secondary N) is 2. The molecule has 2 rings (SSSR count). The number of carbonyl (C=O) groups excluding carboxylic acids is 3. The molecule has 0 saturated heterocycles. The van der Waals surface area contributed by atoms with Crippen molar-refractivity contribution in [3.8, 4) is 0 Å². The Labute approximate surface area is 142 Å². The van der Waals surface area contributed by atoms with Crippen molar-refractivity contribution in [2.75, 3.05) is 18.5 Å². The van der Waals surface area contributed by atoms with Gasteiger partial charge in [0.2, 0.25) is 5.91 Å². The highest BCUT2D eigenvalue weighted by Crippen LogP contribution is 2.38. The summed E-state index contributed by atoms with van der Waals surface area (Å²) < 4.78 is 4.92. The number of anilines is 1. The van der Waals surface area contributed by atoms with Crippen LogP contribution in [0.25, 0.3) is 0 Å². The van der Waals surface area contributed by atoms with Crippen LogP contribution in [0.4, 0.5) is 5.69 Å². The zero-order valence-corrected chi connectivity index (χ0v) is 14.6. The zero-order chi connectivity index (χ0) is 17.9. The molecule has 1 aromatic rings. The maximum atomic E-state index is 12.0. The third-order valence-corrected chi connectivity index (χ3v) is 4.15. The largest absolute Gasteiger partial charge is 0.455 e. The maximum Gasteiger partial charge on any atom is 0.309 e. The molecule has 2 atom stereocenters. The first-order chi connectivity index (χ1) is 11.3. The van der Waals surface area contributed by atoms with Crippen molar-refractivity contribution in [1.29, 1.82) is 0 Å². The second kappa shape index (κ2) is 7.47. The fourth-order valence-electron chi connectivity index (χ4n) is 2.68. The van der Waals surface area contributed by atoms with Gasteiger partial charge in [-0.15, -0.1) is 0 Å². The molecule has 0 aliphatic heterocycles. The van der Waals surface area contributed by atoms with Crippen LogP contribution in [0.2, 0.25) is 0 Å². The number of carbonyl (C=O) groups is 3. The van der Waals surface area contributed by atoms with E-state index in [2.05, 4.69) is 10.6 Å². The summed E-state index contributed by atoms with van der Waals surface area (Å²) in [5, 5.41) is 5.25. The van der Waals surface area contributed by atoms with Crippen LogP contribution in [-0.2, 0) is 19.1 Å². The molecule has 1 aliphatic rings. The van der Waals surface area contributed by atoms with E-state index in [1.165, 1.54) is 0 Å². The molecule has 0 aromatic heterocycles. The Morgan fingerprint density at radius 2 is 1.71 bits per heavy atom. The van der Waals surface area contributed by atoms with Gasteiger partial charge in [-0.05, 0) is 44.2 Å². The lowest BCUT2D eigenvalue weighted by Gasteiger charge is -2.13. The molecule has 0 bridgehead atoms. The summed E-state index contributed by atoms with van der Waals surface area (Å²) in [5.41, 5.74) is 3.83. The average molecular weight is 332 g/mol. The van der Waals surface area contributed by atoms with Crippen LogP contribution in [0.3, 0.4) is 0 Å². The lowest BCUT2D eigenvalue weighted by molar-refractivity contribution is -0.150. The summed E-state index contributed by atoms with van der Waals surface area (Å²) in [6.45, 7) is 7.29. The molecular weight excluding hydrogens is 308 g/mol. The van der Waals surface area contributed by atoms with Gasteiger partial charge in [-0.1, -0.05) is 24.6 Å². The van der Waals surface area contributed by atoms with E-state index in [1.54, 1.807) is 0 Å². The van der Waals surface area contributed by atoms with E-state index in [9.17, 15) is 14.4 Å². The minimum atomic E-state index is -0.482. The number of hydrogen-bond donors (Lipinski definition) is 2. The number of benzene rings is 1. The van der Waals surface area contributed by atoms with Crippen molar-refractivity contribution in [3.63, 3.8) is 0 Å². The van der Waals surface area contributed by atoms with Crippen molar-refractivity contribution in [1.82, 2.24) is 5.32 Å². The number of esters is 1. The molecule has 2 N–H and O–H groups in total. The van der Waals surface area contributed by atoms with Crippen molar-refractivity contribution in [2.24, 2.45) is 11.8 Å². The van der Waals surface area contributed by atoms with Crippen LogP contribution in [0.1, 0.15) is 30.0 Å². The fraction of sp³-hybridized carbons (Fsp3) is 0.500. The van der Waals surface area contributed by atoms with Crippen molar-refractivity contribution < 1.29 is 19.1 Å². The molecular formula is C18H24N2O4. The lowest BCUT2D eigenvalue weighted by atomic mass is 10.1. The highest BCUT2D eigenvalue weighted by molar-refractivity contribution is 5.96. The summed E-state index contributed by atoms with van der Waals surface area (Å²) in [5.74, 6) is -0.876. The molecule has 0 spiro atoms. The highest BCUT2D eigenvalue weighted by Gasteiger charge is 2.40. The molecule has 1 saturated carbocycles. The van der Waals surface area contributed by atoms with E-state index in [1.807, 2.05) is 39.8 Å². The molecule has 0 unspecified atom stereocenters. The van der Waals surface area contributed by atoms with E-state index in [0.717, 1.165) is 28.8 Å². The Kier molecular flexibility index (Phi) is 5.59. The quantitative estimate of drug-likeness (QED) is 0.779. The van der Waals surface area contributed by atoms with Crippen LogP contribution in [0, 0.1) is 32.6 Å². The third-order valence-electron chi connectivity index (χ3n) is 4.15. The summed E-state index contributed by atoms with van der Waals surface area (Å²) in [4.78, 5) is 35.1. The van der Waals surface area contributed by atoms with E-state index in [4.69, 9.17) is 4.74 Å². The van der Waals surface area contributed by atoms with Gasteiger partial charge in [0.05, 0.1) is 12.5 Å². The van der Waals surface area contributed by atoms with Crippen molar-refractivity contribution in [3.05, 3.63) is 28.8 Å². The SMILES string of the molecule is Cc1cc(C)c(NC(=O)CNC(=O)COC(=O)[C@@H]2C[C@@H]2C)c(C)c1. The zero-order valence-electron chi connectivity index (χ0n) is 14.6. The Hall–Kier alpha value is -2.37. The summed E-state index contributed by atoms with van der Waals surface area (Å²) in [7, 11) is 0. The minimum Gasteiger partial charge on any atom is -0.455 e. The molecule has 0 radical (unpaired) electrons. The van der Waals surface area contributed by atoms with E-state index >= 15 is 0 Å². The normalized spacial score (nSPS) is 18.7. The van der Waals surface area contributed by atoms with E-state index in [-0.39, 0.29) is 30.9 Å². The number of aryl methyl sites for hydroxylation is 3. The number of rotatable bonds is 6. The topological polar surface area (TPSA) is 84.5 Å². The standard InChI is InChI=1S/C18H24N2O4/c1-10-5-12(3)17(13(4)6-10)20-15(21)8-19-16(22)9-24-18(23)14-7-11(14)2/h5-6,11,14H,7-9H2,1-4H3,(H,19,22)(H,20,21)/t11-,14+/m0/s1. The average Bonchev–Trinajstić information content (AvgIpc) is 3.23. The van der Waals surface area contributed by atoms with Crippen molar-refractivity contribution in [2.45, 2.75) is 34.1 Å². The smallest absolute Gasteiger partial charge is 0.309 e. The van der Waals surface area contributed by atoms with Gasteiger partial charge in [0.15, 0.2) is 6.61 Å². The summed E-state index contributed by atoms with van der Waals surface area (Å²) >= 11 is 0. The Bertz CT molecular complexity index is 646. The lowest BCUT2D eigenvalue weighted by Crippen LogP contribution is -2.36. The molecule has 6 nitrogen and oxygen atoms in total. The van der Waals surface area contributed by atoms with Gasteiger partial charge >= 0.3 is 5.97 Å². The predicted molar refractivity (Wildman–Crippen MR) is 90.5 cm³/mol. The third kappa shape index (κ3) is 4.81. The first-order valence-electron chi connectivity index (χ1n) is 8.09. The Morgan fingerprint density at radius 1 is 1.12 bits per heavy atom. The van der Waals surface area contributed by atoms with Crippen LogP contribution < -0.4 is 10.6 Å². The molecule has 0 heterocycles. The fourth-order valence-corrected chi connectivity index (χ4v) is 2.68. The first kappa shape index (κ1) is 18.0. The second-order valence-corrected chi connectivity index (χ2v) is 6.53. The first-order valence-corrected chi connectivity index (χ1v) is 8.09. The number of amides is 2. The summed E-state index contributed by atoms with van der Waals surface area (Å²) in [6, 6.07) is 3.97. The van der Waals surface area contributed by atoms with Crippen molar-refractivity contribution >= 4 is 23.5 Å². The van der Waals surface area contributed by atoms with Crippen LogP contribution in [0.15, 0.2) is 12.1 Å². The second-order valence-electron chi connectivity index (χ2n) is 6.53. The molecule has 1 fully saturated rings. The maximum absolute atomic E-state index is 12.0. The van der Waals surface area contributed by atoms with Gasteiger partial charge in [-0.25, -0.2) is 0 Å². The minimum absolute atomic E-state index is 0.0754. The molecule has 130 valence electrons. The van der Waals surface area contributed by atoms with Gasteiger partial charge < -0.3 is 15.4 Å². The van der Waals surface area contributed by atoms with Gasteiger partial charge in [0.1, 0.15) is 0 Å². The molecule has 1 aromatic carbocycles. The predicted octanol–water partition coefficient (Wildman–Crippen LogP) is 1.87. The van der Waals surface area contributed by atoms with Gasteiger partial charge in [0, 0.05) is 5.69 Å². The van der Waals surface area contributed by atoms with Gasteiger partial charge in [-0.2, -0.15) is 0 Å². The van der Waals surface area contributed by atoms with E-state index in [0.29, 0.717) is 5.92 Å². The van der Waals surface area contributed by atoms with Crippen LogP contribution >= 0.6 is 0 Å². The van der Waals surface area contributed by atoms with Gasteiger partial charge in [-0.3, -0.25) is 14.4 Å². The number of ether oxygens (including phenoxy) is 1. The Balaban J connectivity index is 1.75. The van der Waals surface area contributed by atoms with Crippen LogP contribution in [-0.4, -0.2) is 30.9 Å². The summed E-state index contributed by atoms with van der Waals surface area (Å²) in [6.07, 6.45) is 0.818.